The molecule has 2 aromatic carbocycles. The van der Waals surface area contributed by atoms with Gasteiger partial charge in [0.2, 0.25) is 10.0 Å². The van der Waals surface area contributed by atoms with Crippen LogP contribution in [0.15, 0.2) is 53.4 Å². The van der Waals surface area contributed by atoms with E-state index in [0.717, 1.165) is 5.56 Å². The van der Waals surface area contributed by atoms with Crippen molar-refractivity contribution in [3.8, 4) is 0 Å². The maximum atomic E-state index is 12.4. The van der Waals surface area contributed by atoms with Gasteiger partial charge < -0.3 is 5.73 Å². The molecule has 0 bridgehead atoms. The van der Waals surface area contributed by atoms with Crippen LogP contribution >= 0.6 is 0 Å². The zero-order chi connectivity index (χ0) is 15.5. The molecule has 2 rings (SSSR count). The summed E-state index contributed by atoms with van der Waals surface area (Å²) < 4.78 is 27.5. The fraction of sp³-hybridized carbons (Fsp3) is 0.250. The Morgan fingerprint density at radius 1 is 1.14 bits per heavy atom. The molecule has 2 aromatic rings. The normalized spacial score (nSPS) is 13.0. The molecule has 112 valence electrons. The summed E-state index contributed by atoms with van der Waals surface area (Å²) in [6.45, 7) is 3.60. The van der Waals surface area contributed by atoms with Crippen LogP contribution in [0.1, 0.15) is 18.1 Å². The molecule has 0 aromatic heterocycles. The summed E-state index contributed by atoms with van der Waals surface area (Å²) in [5, 5.41) is 0. The van der Waals surface area contributed by atoms with Crippen molar-refractivity contribution in [2.75, 3.05) is 5.73 Å². The van der Waals surface area contributed by atoms with Crippen molar-refractivity contribution >= 4 is 15.7 Å². The van der Waals surface area contributed by atoms with E-state index in [-0.39, 0.29) is 10.9 Å². The highest BCUT2D eigenvalue weighted by Crippen LogP contribution is 2.18. The van der Waals surface area contributed by atoms with Crippen LogP contribution in [0.5, 0.6) is 0 Å². The number of nitrogens with two attached hydrogens (primary N) is 1. The van der Waals surface area contributed by atoms with Gasteiger partial charge in [-0.15, -0.1) is 0 Å². The van der Waals surface area contributed by atoms with Gasteiger partial charge in [-0.2, -0.15) is 0 Å². The lowest BCUT2D eigenvalue weighted by Gasteiger charge is -2.15. The Labute approximate surface area is 126 Å². The van der Waals surface area contributed by atoms with E-state index in [1.165, 1.54) is 0 Å². The third kappa shape index (κ3) is 4.06. The van der Waals surface area contributed by atoms with Gasteiger partial charge in [0.15, 0.2) is 0 Å². The zero-order valence-corrected chi connectivity index (χ0v) is 13.0. The number of hydrogen-bond donors (Lipinski definition) is 2. The summed E-state index contributed by atoms with van der Waals surface area (Å²) in [4.78, 5) is 0.275. The van der Waals surface area contributed by atoms with Crippen LogP contribution in [0.2, 0.25) is 0 Å². The summed E-state index contributed by atoms with van der Waals surface area (Å²) in [5.41, 5.74) is 7.96. The number of aryl methyl sites for hydroxylation is 1. The molecule has 0 radical (unpaired) electrons. The first-order valence-corrected chi connectivity index (χ1v) is 8.29. The summed E-state index contributed by atoms with van der Waals surface area (Å²) in [6.07, 6.45) is 0.647. The molecule has 4 nitrogen and oxygen atoms in total. The summed E-state index contributed by atoms with van der Waals surface area (Å²) in [5.74, 6) is 0. The fourth-order valence-electron chi connectivity index (χ4n) is 2.31. The Kier molecular flexibility index (Phi) is 4.65. The first-order chi connectivity index (χ1) is 9.88. The van der Waals surface area contributed by atoms with Gasteiger partial charge >= 0.3 is 0 Å². The van der Waals surface area contributed by atoms with Crippen molar-refractivity contribution in [2.24, 2.45) is 0 Å². The SMILES string of the molecule is Cc1cc(N)ccc1S(=O)(=O)NC(C)Cc1ccccc1. The van der Waals surface area contributed by atoms with Gasteiger partial charge in [0.1, 0.15) is 0 Å². The van der Waals surface area contributed by atoms with Crippen LogP contribution in [-0.4, -0.2) is 14.5 Å². The fourth-order valence-corrected chi connectivity index (χ4v) is 3.78. The van der Waals surface area contributed by atoms with Crippen LogP contribution in [0.4, 0.5) is 5.69 Å². The molecule has 3 N–H and O–H groups in total. The van der Waals surface area contributed by atoms with Crippen LogP contribution in [-0.2, 0) is 16.4 Å². The van der Waals surface area contributed by atoms with E-state index in [0.29, 0.717) is 17.7 Å². The van der Waals surface area contributed by atoms with Crippen LogP contribution < -0.4 is 10.5 Å². The van der Waals surface area contributed by atoms with E-state index in [9.17, 15) is 8.42 Å². The maximum Gasteiger partial charge on any atom is 0.241 e. The minimum Gasteiger partial charge on any atom is -0.399 e. The Hall–Kier alpha value is -1.85. The van der Waals surface area contributed by atoms with Gasteiger partial charge in [0, 0.05) is 11.7 Å². The number of benzene rings is 2. The summed E-state index contributed by atoms with van der Waals surface area (Å²) >= 11 is 0. The summed E-state index contributed by atoms with van der Waals surface area (Å²) in [7, 11) is -3.53. The third-order valence-corrected chi connectivity index (χ3v) is 4.98. The zero-order valence-electron chi connectivity index (χ0n) is 12.2. The first kappa shape index (κ1) is 15.5. The number of nitrogens with one attached hydrogen (secondary N) is 1. The van der Waals surface area contributed by atoms with E-state index >= 15 is 0 Å². The Bertz CT molecular complexity index is 712. The molecule has 0 fully saturated rings. The maximum absolute atomic E-state index is 12.4. The van der Waals surface area contributed by atoms with Crippen LogP contribution in [0.25, 0.3) is 0 Å². The Morgan fingerprint density at radius 3 is 2.43 bits per heavy atom. The first-order valence-electron chi connectivity index (χ1n) is 6.81. The molecule has 0 aliphatic heterocycles. The number of anilines is 1. The van der Waals surface area contributed by atoms with Gasteiger partial charge in [0.25, 0.3) is 0 Å². The quantitative estimate of drug-likeness (QED) is 0.834. The standard InChI is InChI=1S/C16H20N2O2S/c1-12-10-15(17)8-9-16(12)21(19,20)18-13(2)11-14-6-4-3-5-7-14/h3-10,13,18H,11,17H2,1-2H3. The minimum absolute atomic E-state index is 0.186. The average molecular weight is 304 g/mol. The summed E-state index contributed by atoms with van der Waals surface area (Å²) in [6, 6.07) is 14.4. The Morgan fingerprint density at radius 2 is 1.81 bits per heavy atom. The third-order valence-electron chi connectivity index (χ3n) is 3.23. The van der Waals surface area contributed by atoms with Crippen molar-refractivity contribution in [3.63, 3.8) is 0 Å². The van der Waals surface area contributed by atoms with Crippen molar-refractivity contribution in [2.45, 2.75) is 31.2 Å². The number of sulfonamides is 1. The lowest BCUT2D eigenvalue weighted by molar-refractivity contribution is 0.559. The average Bonchev–Trinajstić information content (AvgIpc) is 2.38. The molecule has 0 aliphatic carbocycles. The van der Waals surface area contributed by atoms with Crippen molar-refractivity contribution < 1.29 is 8.42 Å². The lowest BCUT2D eigenvalue weighted by Crippen LogP contribution is -2.34. The highest BCUT2D eigenvalue weighted by molar-refractivity contribution is 7.89. The topological polar surface area (TPSA) is 72.2 Å². The van der Waals surface area contributed by atoms with Gasteiger partial charge in [-0.25, -0.2) is 13.1 Å². The number of nitrogen functional groups attached to an aromatic ring is 1. The van der Waals surface area contributed by atoms with Crippen molar-refractivity contribution in [1.29, 1.82) is 0 Å². The second-order valence-corrected chi connectivity index (χ2v) is 6.92. The second-order valence-electron chi connectivity index (χ2n) is 5.24. The van der Waals surface area contributed by atoms with Crippen molar-refractivity contribution in [3.05, 3.63) is 59.7 Å². The van der Waals surface area contributed by atoms with Crippen LogP contribution in [0, 0.1) is 6.92 Å². The van der Waals surface area contributed by atoms with E-state index in [4.69, 9.17) is 5.73 Å². The van der Waals surface area contributed by atoms with Crippen LogP contribution in [0.3, 0.4) is 0 Å². The molecule has 0 saturated heterocycles. The predicted molar refractivity (Wildman–Crippen MR) is 85.5 cm³/mol. The largest absolute Gasteiger partial charge is 0.399 e. The highest BCUT2D eigenvalue weighted by atomic mass is 32.2. The highest BCUT2D eigenvalue weighted by Gasteiger charge is 2.19. The lowest BCUT2D eigenvalue weighted by atomic mass is 10.1. The van der Waals surface area contributed by atoms with E-state index in [2.05, 4.69) is 4.72 Å². The number of hydrogen-bond acceptors (Lipinski definition) is 3. The molecular formula is C16H20N2O2S. The van der Waals surface area contributed by atoms with E-state index in [1.54, 1.807) is 25.1 Å². The molecule has 5 heteroatoms. The molecule has 21 heavy (non-hydrogen) atoms. The molecule has 0 heterocycles. The molecule has 0 saturated carbocycles. The van der Waals surface area contributed by atoms with E-state index in [1.807, 2.05) is 37.3 Å². The molecule has 0 aliphatic rings. The van der Waals surface area contributed by atoms with E-state index < -0.39 is 10.0 Å². The number of rotatable bonds is 5. The van der Waals surface area contributed by atoms with Gasteiger partial charge in [-0.1, -0.05) is 30.3 Å². The molecule has 0 spiro atoms. The van der Waals surface area contributed by atoms with Gasteiger partial charge in [0.05, 0.1) is 4.90 Å². The molecule has 1 unspecified atom stereocenters. The van der Waals surface area contributed by atoms with Crippen molar-refractivity contribution in [1.82, 2.24) is 4.72 Å². The monoisotopic (exact) mass is 304 g/mol. The minimum atomic E-state index is -3.53. The molecule has 1 atom stereocenters. The Balaban J connectivity index is 2.13. The second kappa shape index (κ2) is 6.28. The van der Waals surface area contributed by atoms with Gasteiger partial charge in [-0.3, -0.25) is 0 Å². The predicted octanol–water partition coefficient (Wildman–Crippen LogP) is 2.49. The van der Waals surface area contributed by atoms with Gasteiger partial charge in [-0.05, 0) is 49.6 Å². The smallest absolute Gasteiger partial charge is 0.241 e. The molecule has 0 amide bonds. The molecular weight excluding hydrogens is 284 g/mol.